The molecule has 14 nitrogen and oxygen atoms in total. The zero-order valence-electron chi connectivity index (χ0n) is 28.9. The average molecular weight is 719 g/mol. The molecule has 15 heteroatoms. The van der Waals surface area contributed by atoms with E-state index in [1.807, 2.05) is 29.6 Å². The zero-order valence-corrected chi connectivity index (χ0v) is 29.7. The first-order valence-electron chi connectivity index (χ1n) is 18.2. The Morgan fingerprint density at radius 2 is 1.67 bits per heavy atom. The number of methoxy groups -OCH3 is 1. The van der Waals surface area contributed by atoms with E-state index in [4.69, 9.17) is 14.9 Å². The lowest BCUT2D eigenvalue weighted by molar-refractivity contribution is -0.145. The molecule has 4 fully saturated rings. The molecule has 2 saturated heterocycles. The SMILES string of the molecule is COc1ccc(-c2nn([C@@H]3C[C@H]4C(=O)N[C@@]5(C(=O)O)C[C@H]5CCCCCCC[C@@H](NC(=O)NC5CCCC5)C(=O)N4C3)nc2-c2nccs2)cc1. The molecule has 0 unspecified atom stereocenters. The number of ether oxygens (including phenoxy) is 1. The summed E-state index contributed by atoms with van der Waals surface area (Å²) in [6, 6.07) is 4.83. The van der Waals surface area contributed by atoms with Crippen LogP contribution in [0.15, 0.2) is 35.8 Å². The number of nitrogens with one attached hydrogen (secondary N) is 3. The molecule has 4 amide bonds. The maximum atomic E-state index is 14.5. The Balaban J connectivity index is 1.21. The Kier molecular flexibility index (Phi) is 10.3. The average Bonchev–Trinajstić information content (AvgIpc) is 3.77. The van der Waals surface area contributed by atoms with Gasteiger partial charge in [0, 0.05) is 36.1 Å². The van der Waals surface area contributed by atoms with E-state index in [1.54, 1.807) is 18.1 Å². The van der Waals surface area contributed by atoms with Crippen molar-refractivity contribution in [2.45, 2.75) is 113 Å². The van der Waals surface area contributed by atoms with Crippen LogP contribution in [0.25, 0.3) is 22.0 Å². The van der Waals surface area contributed by atoms with Gasteiger partial charge in [-0.05, 0) is 62.3 Å². The van der Waals surface area contributed by atoms with Crippen molar-refractivity contribution in [1.82, 2.24) is 40.8 Å². The van der Waals surface area contributed by atoms with Crippen molar-refractivity contribution in [2.75, 3.05) is 13.7 Å². The minimum absolute atomic E-state index is 0.0774. The largest absolute Gasteiger partial charge is 0.497 e. The first kappa shape index (κ1) is 34.9. The molecule has 4 aliphatic rings. The number of urea groups is 1. The fraction of sp³-hybridized carbons (Fsp3) is 0.583. The maximum absolute atomic E-state index is 14.5. The Bertz CT molecular complexity index is 1730. The smallest absolute Gasteiger partial charge is 0.329 e. The van der Waals surface area contributed by atoms with Gasteiger partial charge in [0.2, 0.25) is 11.8 Å². The molecular weight excluding hydrogens is 673 g/mol. The number of fused-ring (bicyclic) bond motifs is 2. The van der Waals surface area contributed by atoms with E-state index in [-0.39, 0.29) is 36.9 Å². The number of aromatic nitrogens is 4. The molecule has 4 heterocycles. The Morgan fingerprint density at radius 1 is 0.961 bits per heavy atom. The molecule has 2 aliphatic heterocycles. The number of rotatable bonds is 7. The van der Waals surface area contributed by atoms with Gasteiger partial charge in [-0.1, -0.05) is 44.9 Å². The number of carbonyl (C=O) groups is 4. The van der Waals surface area contributed by atoms with Crippen molar-refractivity contribution in [3.05, 3.63) is 35.8 Å². The standard InChI is InChI=1S/C36H46N8O6S/c1-50-26-15-13-22(14-16-26)29-30(32-37-17-18-51-32)42-44(41-29)25-19-28-31(45)40-36(34(47)48)20-23(36)9-5-3-2-4-6-12-27(33(46)43(28)21-25)39-35(49)38-24-10-7-8-11-24/h13-18,23-25,27-28H,2-12,19-21H2,1H3,(H,40,45)(H,47,48)(H2,38,39,49)/t23-,25-,27-,28+,36+/m1/s1. The van der Waals surface area contributed by atoms with E-state index >= 15 is 0 Å². The van der Waals surface area contributed by atoms with Crippen molar-refractivity contribution < 1.29 is 29.0 Å². The fourth-order valence-electron chi connectivity index (χ4n) is 8.02. The Labute approximate surface area is 300 Å². The number of carbonyl (C=O) groups excluding carboxylic acids is 3. The highest BCUT2D eigenvalue weighted by molar-refractivity contribution is 7.13. The third-order valence-corrected chi connectivity index (χ3v) is 11.8. The van der Waals surface area contributed by atoms with Crippen LogP contribution in [0.1, 0.15) is 89.5 Å². The molecule has 51 heavy (non-hydrogen) atoms. The predicted molar refractivity (Wildman–Crippen MR) is 189 cm³/mol. The molecule has 7 rings (SSSR count). The Hall–Kier alpha value is -4.53. The van der Waals surface area contributed by atoms with Gasteiger partial charge in [-0.15, -0.1) is 16.4 Å². The highest BCUT2D eigenvalue weighted by atomic mass is 32.1. The second kappa shape index (κ2) is 15.0. The van der Waals surface area contributed by atoms with Gasteiger partial charge >= 0.3 is 12.0 Å². The summed E-state index contributed by atoms with van der Waals surface area (Å²) in [4.78, 5) is 62.0. The van der Waals surface area contributed by atoms with Crippen LogP contribution < -0.4 is 20.7 Å². The molecule has 2 aliphatic carbocycles. The highest BCUT2D eigenvalue weighted by Crippen LogP contribution is 2.48. The van der Waals surface area contributed by atoms with Crippen LogP contribution >= 0.6 is 11.3 Å². The topological polar surface area (TPSA) is 181 Å². The molecule has 0 radical (unpaired) electrons. The summed E-state index contributed by atoms with van der Waals surface area (Å²) in [5.41, 5.74) is 0.632. The predicted octanol–water partition coefficient (Wildman–Crippen LogP) is 4.53. The van der Waals surface area contributed by atoms with Gasteiger partial charge in [0.15, 0.2) is 0 Å². The summed E-state index contributed by atoms with van der Waals surface area (Å²) in [5.74, 6) is -1.38. The number of hydrogen-bond acceptors (Lipinski definition) is 9. The number of nitrogens with zero attached hydrogens (tertiary/aromatic N) is 5. The monoisotopic (exact) mass is 718 g/mol. The minimum Gasteiger partial charge on any atom is -0.497 e. The third kappa shape index (κ3) is 7.44. The maximum Gasteiger partial charge on any atom is 0.329 e. The van der Waals surface area contributed by atoms with Gasteiger partial charge < -0.3 is 30.7 Å². The number of aliphatic carboxylic acids is 1. The lowest BCUT2D eigenvalue weighted by atomic mass is 10.0. The minimum atomic E-state index is -1.34. The quantitative estimate of drug-likeness (QED) is 0.273. The zero-order chi connectivity index (χ0) is 35.5. The summed E-state index contributed by atoms with van der Waals surface area (Å²) in [7, 11) is 1.60. The van der Waals surface area contributed by atoms with Gasteiger partial charge in [0.05, 0.1) is 13.2 Å². The van der Waals surface area contributed by atoms with Crippen LogP contribution in [0, 0.1) is 5.92 Å². The lowest BCUT2D eigenvalue weighted by Crippen LogP contribution is -2.57. The Morgan fingerprint density at radius 3 is 2.37 bits per heavy atom. The van der Waals surface area contributed by atoms with Gasteiger partial charge in [0.25, 0.3) is 0 Å². The normalized spacial score (nSPS) is 27.4. The molecule has 0 bridgehead atoms. The van der Waals surface area contributed by atoms with Crippen LogP contribution in [0.2, 0.25) is 0 Å². The van der Waals surface area contributed by atoms with Gasteiger partial charge in [-0.25, -0.2) is 14.6 Å². The summed E-state index contributed by atoms with van der Waals surface area (Å²) >= 11 is 1.43. The lowest BCUT2D eigenvalue weighted by Gasteiger charge is -2.30. The molecule has 5 atom stereocenters. The van der Waals surface area contributed by atoms with Gasteiger partial charge in [-0.3, -0.25) is 9.59 Å². The van der Waals surface area contributed by atoms with Crippen molar-refractivity contribution >= 4 is 35.2 Å². The number of thiazole rings is 1. The van der Waals surface area contributed by atoms with Crippen LogP contribution in [-0.2, 0) is 14.4 Å². The second-order valence-corrected chi connectivity index (χ2v) is 15.2. The molecule has 0 spiro atoms. The number of hydrogen-bond donors (Lipinski definition) is 4. The van der Waals surface area contributed by atoms with Gasteiger partial charge in [-0.2, -0.15) is 9.90 Å². The summed E-state index contributed by atoms with van der Waals surface area (Å²) in [5, 5.41) is 31.5. The number of carboxylic acid groups (broad SMARTS) is 1. The molecule has 1 aromatic carbocycles. The number of carboxylic acids is 1. The molecule has 3 aromatic rings. The highest BCUT2D eigenvalue weighted by Gasteiger charge is 2.62. The molecule has 272 valence electrons. The van der Waals surface area contributed by atoms with Crippen LogP contribution in [0.3, 0.4) is 0 Å². The van der Waals surface area contributed by atoms with Crippen LogP contribution in [0.5, 0.6) is 5.75 Å². The number of benzene rings is 1. The number of amides is 4. The first-order valence-corrected chi connectivity index (χ1v) is 19.1. The van der Waals surface area contributed by atoms with E-state index in [0.29, 0.717) is 35.0 Å². The molecular formula is C36H46N8O6S. The molecule has 2 saturated carbocycles. The molecule has 2 aromatic heterocycles. The van der Waals surface area contributed by atoms with E-state index in [2.05, 4.69) is 20.9 Å². The van der Waals surface area contributed by atoms with E-state index < -0.39 is 35.5 Å². The summed E-state index contributed by atoms with van der Waals surface area (Å²) in [6.07, 6.45) is 11.7. The summed E-state index contributed by atoms with van der Waals surface area (Å²) in [6.45, 7) is 0.108. The first-order chi connectivity index (χ1) is 24.8. The van der Waals surface area contributed by atoms with Crippen molar-refractivity contribution in [3.63, 3.8) is 0 Å². The van der Waals surface area contributed by atoms with Crippen LogP contribution in [0.4, 0.5) is 4.79 Å². The third-order valence-electron chi connectivity index (χ3n) is 11.0. The van der Waals surface area contributed by atoms with E-state index in [9.17, 15) is 24.3 Å². The fourth-order valence-corrected chi connectivity index (χ4v) is 8.64. The van der Waals surface area contributed by atoms with Gasteiger partial charge in [0.1, 0.15) is 39.8 Å². The molecule has 4 N–H and O–H groups in total. The van der Waals surface area contributed by atoms with Crippen molar-refractivity contribution in [3.8, 4) is 27.7 Å². The van der Waals surface area contributed by atoms with Crippen molar-refractivity contribution in [2.24, 2.45) is 5.92 Å². The van der Waals surface area contributed by atoms with Crippen molar-refractivity contribution in [1.29, 1.82) is 0 Å². The van der Waals surface area contributed by atoms with Crippen LogP contribution in [-0.4, -0.2) is 91.1 Å². The summed E-state index contributed by atoms with van der Waals surface area (Å²) < 4.78 is 5.35. The van der Waals surface area contributed by atoms with E-state index in [1.165, 1.54) is 16.2 Å². The second-order valence-electron chi connectivity index (χ2n) is 14.3. The van der Waals surface area contributed by atoms with E-state index in [0.717, 1.165) is 69.8 Å².